The average molecular weight is 366 g/mol. The fraction of sp³-hybridized carbons (Fsp3) is 0.0526. The Balaban J connectivity index is 1.85. The molecular weight excluding hydrogens is 352 g/mol. The van der Waals surface area contributed by atoms with Crippen molar-refractivity contribution in [2.45, 2.75) is 6.42 Å². The van der Waals surface area contributed by atoms with Crippen LogP contribution in [0.5, 0.6) is 0 Å². The number of carbonyl (C=O) groups excluding carboxylic acids is 1. The monoisotopic (exact) mass is 366 g/mol. The Bertz CT molecular complexity index is 937. The molecule has 0 aliphatic heterocycles. The third-order valence-corrected chi connectivity index (χ3v) is 4.50. The van der Waals surface area contributed by atoms with Gasteiger partial charge in [0.25, 0.3) is 5.69 Å². The normalized spacial score (nSPS) is 11.2. The van der Waals surface area contributed by atoms with E-state index in [4.69, 9.17) is 4.84 Å². The lowest BCUT2D eigenvalue weighted by Gasteiger charge is -2.05. The van der Waals surface area contributed by atoms with Crippen molar-refractivity contribution in [3.05, 3.63) is 98.2 Å². The molecule has 0 spiro atoms. The van der Waals surface area contributed by atoms with Gasteiger partial charge in [0.05, 0.1) is 9.80 Å². The highest BCUT2D eigenvalue weighted by Gasteiger charge is 2.21. The van der Waals surface area contributed by atoms with Crippen LogP contribution in [0.3, 0.4) is 0 Å². The van der Waals surface area contributed by atoms with E-state index in [1.54, 1.807) is 0 Å². The van der Waals surface area contributed by atoms with Crippen LogP contribution in [-0.4, -0.2) is 16.6 Å². The highest BCUT2D eigenvalue weighted by molar-refractivity contribution is 7.12. The van der Waals surface area contributed by atoms with Gasteiger partial charge in [-0.1, -0.05) is 53.7 Å². The molecule has 0 saturated heterocycles. The maximum Gasteiger partial charge on any atom is 0.372 e. The lowest BCUT2D eigenvalue weighted by atomic mass is 10.1. The largest absolute Gasteiger partial charge is 0.372 e. The van der Waals surface area contributed by atoms with Crippen LogP contribution in [0.4, 0.5) is 5.69 Å². The van der Waals surface area contributed by atoms with Gasteiger partial charge in [0.15, 0.2) is 0 Å². The van der Waals surface area contributed by atoms with Gasteiger partial charge in [-0.25, -0.2) is 4.79 Å². The molecule has 6 nitrogen and oxygen atoms in total. The molecule has 0 aliphatic carbocycles. The van der Waals surface area contributed by atoms with Gasteiger partial charge in [-0.15, -0.1) is 11.3 Å². The van der Waals surface area contributed by atoms with Crippen molar-refractivity contribution in [2.75, 3.05) is 0 Å². The Morgan fingerprint density at radius 1 is 1.04 bits per heavy atom. The zero-order valence-corrected chi connectivity index (χ0v) is 14.4. The molecule has 0 radical (unpaired) electrons. The zero-order chi connectivity index (χ0) is 18.4. The van der Waals surface area contributed by atoms with E-state index < -0.39 is 10.9 Å². The van der Waals surface area contributed by atoms with Gasteiger partial charge >= 0.3 is 5.97 Å². The van der Waals surface area contributed by atoms with Crippen LogP contribution in [-0.2, 0) is 11.3 Å². The van der Waals surface area contributed by atoms with E-state index >= 15 is 0 Å². The number of hydrogen-bond acceptors (Lipinski definition) is 6. The number of rotatable bonds is 6. The molecule has 0 fully saturated rings. The Labute approximate surface area is 153 Å². The highest BCUT2D eigenvalue weighted by Crippen LogP contribution is 2.19. The van der Waals surface area contributed by atoms with Crippen molar-refractivity contribution in [2.24, 2.45) is 5.16 Å². The molecule has 0 aliphatic rings. The molecule has 0 atom stereocenters. The molecule has 1 aromatic heterocycles. The standard InChI is InChI=1S/C19H14N2O4S/c22-19(15-9-4-5-10-17(15)21(23)24)25-20-16(18-11-6-12-26-18)13-14-7-2-1-3-8-14/h1-12H,13H2/b20-16+. The predicted octanol–water partition coefficient (Wildman–Crippen LogP) is 4.46. The van der Waals surface area contributed by atoms with E-state index in [2.05, 4.69) is 5.16 Å². The van der Waals surface area contributed by atoms with Crippen LogP contribution in [0.2, 0.25) is 0 Å². The fourth-order valence-corrected chi connectivity index (χ4v) is 3.05. The quantitative estimate of drug-likeness (QED) is 0.279. The van der Waals surface area contributed by atoms with Crippen molar-refractivity contribution in [1.82, 2.24) is 0 Å². The Morgan fingerprint density at radius 3 is 2.46 bits per heavy atom. The van der Waals surface area contributed by atoms with E-state index in [9.17, 15) is 14.9 Å². The van der Waals surface area contributed by atoms with E-state index in [1.165, 1.54) is 35.6 Å². The maximum atomic E-state index is 12.3. The van der Waals surface area contributed by atoms with Crippen LogP contribution in [0.15, 0.2) is 77.3 Å². The summed E-state index contributed by atoms with van der Waals surface area (Å²) >= 11 is 1.48. The van der Waals surface area contributed by atoms with Gasteiger partial charge in [-0.3, -0.25) is 10.1 Å². The molecule has 130 valence electrons. The molecule has 0 amide bonds. The molecular formula is C19H14N2O4S. The van der Waals surface area contributed by atoms with Crippen molar-refractivity contribution in [3.63, 3.8) is 0 Å². The van der Waals surface area contributed by atoms with E-state index in [0.29, 0.717) is 12.1 Å². The first-order valence-corrected chi connectivity index (χ1v) is 8.62. The minimum atomic E-state index is -0.862. The van der Waals surface area contributed by atoms with E-state index in [-0.39, 0.29) is 11.3 Å². The summed E-state index contributed by atoms with van der Waals surface area (Å²) in [5.41, 5.74) is 1.15. The van der Waals surface area contributed by atoms with Gasteiger partial charge in [0.2, 0.25) is 0 Å². The highest BCUT2D eigenvalue weighted by atomic mass is 32.1. The van der Waals surface area contributed by atoms with Gasteiger partial charge in [-0.2, -0.15) is 0 Å². The molecule has 0 unspecified atom stereocenters. The second kappa shape index (κ2) is 8.17. The van der Waals surface area contributed by atoms with E-state index in [0.717, 1.165) is 10.4 Å². The first kappa shape index (κ1) is 17.5. The van der Waals surface area contributed by atoms with Crippen molar-refractivity contribution < 1.29 is 14.6 Å². The van der Waals surface area contributed by atoms with Crippen molar-refractivity contribution >= 4 is 28.7 Å². The molecule has 1 heterocycles. The number of oxime groups is 1. The number of hydrogen-bond donors (Lipinski definition) is 0. The molecule has 3 aromatic rings. The average Bonchev–Trinajstić information content (AvgIpc) is 3.20. The van der Waals surface area contributed by atoms with Gasteiger partial charge in [0, 0.05) is 12.5 Å². The summed E-state index contributed by atoms with van der Waals surface area (Å²) in [5, 5.41) is 17.0. The predicted molar refractivity (Wildman–Crippen MR) is 99.5 cm³/mol. The summed E-state index contributed by atoms with van der Waals surface area (Å²) in [5.74, 6) is -0.862. The summed E-state index contributed by atoms with van der Waals surface area (Å²) in [6, 6.07) is 19.0. The fourth-order valence-electron chi connectivity index (χ4n) is 2.35. The van der Waals surface area contributed by atoms with E-state index in [1.807, 2.05) is 47.8 Å². The molecule has 0 N–H and O–H groups in total. The summed E-state index contributed by atoms with van der Waals surface area (Å²) in [7, 11) is 0. The SMILES string of the molecule is O=C(O/N=C(\Cc1ccccc1)c1cccs1)c1ccccc1[N+](=O)[O-]. The molecule has 7 heteroatoms. The number of carbonyl (C=O) groups is 1. The lowest BCUT2D eigenvalue weighted by Crippen LogP contribution is -2.09. The minimum Gasteiger partial charge on any atom is -0.312 e. The number of benzene rings is 2. The van der Waals surface area contributed by atoms with Gasteiger partial charge in [0.1, 0.15) is 11.3 Å². The molecule has 0 bridgehead atoms. The second-order valence-corrected chi connectivity index (χ2v) is 6.28. The molecule has 3 rings (SSSR count). The summed E-state index contributed by atoms with van der Waals surface area (Å²) in [4.78, 5) is 28.6. The lowest BCUT2D eigenvalue weighted by molar-refractivity contribution is -0.385. The second-order valence-electron chi connectivity index (χ2n) is 5.33. The minimum absolute atomic E-state index is 0.133. The smallest absolute Gasteiger partial charge is 0.312 e. The van der Waals surface area contributed by atoms with Crippen LogP contribution >= 0.6 is 11.3 Å². The first-order valence-electron chi connectivity index (χ1n) is 7.74. The Hall–Kier alpha value is -3.32. The summed E-state index contributed by atoms with van der Waals surface area (Å²) in [6.45, 7) is 0. The first-order chi connectivity index (χ1) is 12.6. The molecule has 26 heavy (non-hydrogen) atoms. The Kier molecular flexibility index (Phi) is 5.50. The maximum absolute atomic E-state index is 12.3. The van der Waals surface area contributed by atoms with Gasteiger partial charge in [-0.05, 0) is 23.1 Å². The molecule has 2 aromatic carbocycles. The number of thiophene rings is 1. The topological polar surface area (TPSA) is 81.8 Å². The summed E-state index contributed by atoms with van der Waals surface area (Å²) < 4.78 is 0. The van der Waals surface area contributed by atoms with Crippen LogP contribution in [0.1, 0.15) is 20.8 Å². The van der Waals surface area contributed by atoms with Gasteiger partial charge < -0.3 is 4.84 Å². The van der Waals surface area contributed by atoms with Crippen molar-refractivity contribution in [3.8, 4) is 0 Å². The summed E-state index contributed by atoms with van der Waals surface area (Å²) in [6.07, 6.45) is 0.478. The zero-order valence-electron chi connectivity index (χ0n) is 13.6. The Morgan fingerprint density at radius 2 is 1.77 bits per heavy atom. The third kappa shape index (κ3) is 4.20. The third-order valence-electron chi connectivity index (χ3n) is 3.58. The number of para-hydroxylation sites is 1. The number of nitro groups is 1. The van der Waals surface area contributed by atoms with Crippen LogP contribution in [0.25, 0.3) is 0 Å². The van der Waals surface area contributed by atoms with Crippen LogP contribution < -0.4 is 0 Å². The van der Waals surface area contributed by atoms with Crippen LogP contribution in [0, 0.1) is 10.1 Å². The van der Waals surface area contributed by atoms with Crippen molar-refractivity contribution in [1.29, 1.82) is 0 Å². The molecule has 0 saturated carbocycles. The number of nitrogens with zero attached hydrogens (tertiary/aromatic N) is 2. The number of nitro benzene ring substituents is 1.